The number of hydrogen-bond donors (Lipinski definition) is 1. The van der Waals surface area contributed by atoms with Gasteiger partial charge in [-0.05, 0) is 48.7 Å². The summed E-state index contributed by atoms with van der Waals surface area (Å²) >= 11 is 1.19. The molecule has 2 N–H and O–H groups in total. The maximum absolute atomic E-state index is 13.9. The Morgan fingerprint density at radius 1 is 1.10 bits per heavy atom. The molecule has 2 rings (SSSR count). The summed E-state index contributed by atoms with van der Waals surface area (Å²) in [5.74, 6) is -0.462. The van der Waals surface area contributed by atoms with Crippen molar-refractivity contribution in [3.63, 3.8) is 0 Å². The SMILES string of the molecule is Cc1ccccc1CSc1c(F)cc(CCN)cc1F. The number of thioether (sulfide) groups is 1. The third kappa shape index (κ3) is 3.58. The van der Waals surface area contributed by atoms with Gasteiger partial charge in [-0.2, -0.15) is 0 Å². The van der Waals surface area contributed by atoms with Crippen LogP contribution < -0.4 is 5.73 Å². The summed E-state index contributed by atoms with van der Waals surface area (Å²) in [5.41, 5.74) is 8.21. The Morgan fingerprint density at radius 3 is 2.35 bits per heavy atom. The molecule has 0 bridgehead atoms. The van der Waals surface area contributed by atoms with E-state index in [0.29, 0.717) is 24.3 Å². The van der Waals surface area contributed by atoms with Crippen molar-refractivity contribution in [2.24, 2.45) is 5.73 Å². The van der Waals surface area contributed by atoms with Gasteiger partial charge >= 0.3 is 0 Å². The van der Waals surface area contributed by atoms with Crippen molar-refractivity contribution in [3.8, 4) is 0 Å². The Hall–Kier alpha value is -1.39. The van der Waals surface area contributed by atoms with E-state index >= 15 is 0 Å². The molecule has 0 fully saturated rings. The summed E-state index contributed by atoms with van der Waals surface area (Å²) in [6.07, 6.45) is 0.483. The molecule has 1 nitrogen and oxygen atoms in total. The van der Waals surface area contributed by atoms with Crippen LogP contribution in [0.4, 0.5) is 8.78 Å². The summed E-state index contributed by atoms with van der Waals surface area (Å²) in [6, 6.07) is 10.6. The first-order chi connectivity index (χ1) is 9.61. The molecule has 0 saturated carbocycles. The van der Waals surface area contributed by atoms with Crippen molar-refractivity contribution in [2.45, 2.75) is 24.0 Å². The maximum atomic E-state index is 13.9. The van der Waals surface area contributed by atoms with Gasteiger partial charge in [0.1, 0.15) is 11.6 Å². The Balaban J connectivity index is 2.16. The topological polar surface area (TPSA) is 26.0 Å². The predicted molar refractivity (Wildman–Crippen MR) is 79.9 cm³/mol. The van der Waals surface area contributed by atoms with Crippen molar-refractivity contribution in [1.29, 1.82) is 0 Å². The zero-order valence-electron chi connectivity index (χ0n) is 11.3. The van der Waals surface area contributed by atoms with E-state index in [9.17, 15) is 8.78 Å². The second-order valence-corrected chi connectivity index (χ2v) is 5.63. The van der Waals surface area contributed by atoms with Crippen LogP contribution in [0.1, 0.15) is 16.7 Å². The van der Waals surface area contributed by atoms with Gasteiger partial charge in [-0.15, -0.1) is 11.8 Å². The van der Waals surface area contributed by atoms with Crippen LogP contribution in [0.25, 0.3) is 0 Å². The van der Waals surface area contributed by atoms with Crippen LogP contribution in [0, 0.1) is 18.6 Å². The number of aryl methyl sites for hydroxylation is 1. The van der Waals surface area contributed by atoms with Crippen LogP contribution in [0.15, 0.2) is 41.3 Å². The summed E-state index contributed by atoms with van der Waals surface area (Å²) < 4.78 is 27.9. The Kier molecular flexibility index (Phi) is 5.15. The maximum Gasteiger partial charge on any atom is 0.140 e. The highest BCUT2D eigenvalue weighted by atomic mass is 32.2. The van der Waals surface area contributed by atoms with Gasteiger partial charge in [-0.25, -0.2) is 8.78 Å². The lowest BCUT2D eigenvalue weighted by Gasteiger charge is -2.09. The van der Waals surface area contributed by atoms with Crippen LogP contribution in [-0.2, 0) is 12.2 Å². The number of nitrogens with two attached hydrogens (primary N) is 1. The molecule has 0 unspecified atom stereocenters. The molecule has 0 heterocycles. The molecule has 2 aromatic carbocycles. The predicted octanol–water partition coefficient (Wildman–Crippen LogP) is 4.07. The quantitative estimate of drug-likeness (QED) is 0.841. The van der Waals surface area contributed by atoms with Gasteiger partial charge in [0, 0.05) is 5.75 Å². The van der Waals surface area contributed by atoms with Crippen molar-refractivity contribution >= 4 is 11.8 Å². The lowest BCUT2D eigenvalue weighted by atomic mass is 10.1. The molecule has 0 amide bonds. The van der Waals surface area contributed by atoms with Crippen molar-refractivity contribution < 1.29 is 8.78 Å². The Bertz CT molecular complexity index is 576. The molecule has 106 valence electrons. The number of hydrogen-bond acceptors (Lipinski definition) is 2. The van der Waals surface area contributed by atoms with E-state index in [1.165, 1.54) is 23.9 Å². The van der Waals surface area contributed by atoms with E-state index in [0.717, 1.165) is 11.1 Å². The fraction of sp³-hybridized carbons (Fsp3) is 0.250. The second-order valence-electron chi connectivity index (χ2n) is 4.64. The van der Waals surface area contributed by atoms with Crippen LogP contribution in [0.3, 0.4) is 0 Å². The minimum Gasteiger partial charge on any atom is -0.330 e. The van der Waals surface area contributed by atoms with E-state index in [-0.39, 0.29) is 4.90 Å². The molecule has 2 aromatic rings. The standard InChI is InChI=1S/C16H17F2NS/c1-11-4-2-3-5-13(11)10-20-16-14(17)8-12(6-7-19)9-15(16)18/h2-5,8-9H,6-7,10,19H2,1H3. The monoisotopic (exact) mass is 293 g/mol. The molecule has 0 radical (unpaired) electrons. The third-order valence-electron chi connectivity index (χ3n) is 3.12. The summed E-state index contributed by atoms with van der Waals surface area (Å²) in [7, 11) is 0. The highest BCUT2D eigenvalue weighted by molar-refractivity contribution is 7.98. The first kappa shape index (κ1) is 15.0. The zero-order valence-corrected chi connectivity index (χ0v) is 12.1. The third-order valence-corrected chi connectivity index (χ3v) is 4.26. The summed E-state index contributed by atoms with van der Waals surface area (Å²) in [6.45, 7) is 2.38. The van der Waals surface area contributed by atoms with E-state index in [4.69, 9.17) is 5.73 Å². The van der Waals surface area contributed by atoms with Crippen LogP contribution in [-0.4, -0.2) is 6.54 Å². The molecule has 0 saturated heterocycles. The van der Waals surface area contributed by atoms with Crippen molar-refractivity contribution in [1.82, 2.24) is 0 Å². The molecular weight excluding hydrogens is 276 g/mol. The number of halogens is 2. The molecule has 4 heteroatoms. The van der Waals surface area contributed by atoms with E-state index in [1.54, 1.807) is 0 Å². The van der Waals surface area contributed by atoms with Crippen LogP contribution >= 0.6 is 11.8 Å². The first-order valence-corrected chi connectivity index (χ1v) is 7.45. The normalized spacial score (nSPS) is 10.8. The van der Waals surface area contributed by atoms with Gasteiger partial charge in [0.25, 0.3) is 0 Å². The molecule has 0 atom stereocenters. The van der Waals surface area contributed by atoms with E-state index in [1.807, 2.05) is 31.2 Å². The molecular formula is C16H17F2NS. The van der Waals surface area contributed by atoms with Gasteiger partial charge in [0.15, 0.2) is 0 Å². The first-order valence-electron chi connectivity index (χ1n) is 6.47. The van der Waals surface area contributed by atoms with Gasteiger partial charge < -0.3 is 5.73 Å². The minimum absolute atomic E-state index is 0.0778. The van der Waals surface area contributed by atoms with E-state index < -0.39 is 11.6 Å². The molecule has 0 spiro atoms. The second kappa shape index (κ2) is 6.86. The summed E-state index contributed by atoms with van der Waals surface area (Å²) in [4.78, 5) is 0.0778. The summed E-state index contributed by atoms with van der Waals surface area (Å²) in [5, 5.41) is 0. The smallest absolute Gasteiger partial charge is 0.140 e. The highest BCUT2D eigenvalue weighted by Gasteiger charge is 2.12. The fourth-order valence-corrected chi connectivity index (χ4v) is 3.00. The van der Waals surface area contributed by atoms with Gasteiger partial charge in [0.2, 0.25) is 0 Å². The Labute approximate surface area is 122 Å². The van der Waals surface area contributed by atoms with Crippen LogP contribution in [0.2, 0.25) is 0 Å². The molecule has 0 aliphatic rings. The van der Waals surface area contributed by atoms with Crippen molar-refractivity contribution in [2.75, 3.05) is 6.54 Å². The highest BCUT2D eigenvalue weighted by Crippen LogP contribution is 2.30. The molecule has 0 aliphatic heterocycles. The lowest BCUT2D eigenvalue weighted by Crippen LogP contribution is -2.04. The molecule has 0 aromatic heterocycles. The Morgan fingerprint density at radius 2 is 1.75 bits per heavy atom. The average molecular weight is 293 g/mol. The number of rotatable bonds is 5. The molecule has 0 aliphatic carbocycles. The number of benzene rings is 2. The van der Waals surface area contributed by atoms with Gasteiger partial charge in [0.05, 0.1) is 4.90 Å². The zero-order chi connectivity index (χ0) is 14.5. The largest absolute Gasteiger partial charge is 0.330 e. The fourth-order valence-electron chi connectivity index (χ4n) is 1.98. The lowest BCUT2D eigenvalue weighted by molar-refractivity contribution is 0.537. The van der Waals surface area contributed by atoms with Gasteiger partial charge in [-0.1, -0.05) is 24.3 Å². The average Bonchev–Trinajstić information content (AvgIpc) is 2.40. The van der Waals surface area contributed by atoms with E-state index in [2.05, 4.69) is 0 Å². The van der Waals surface area contributed by atoms with Crippen LogP contribution in [0.5, 0.6) is 0 Å². The molecule has 20 heavy (non-hydrogen) atoms. The van der Waals surface area contributed by atoms with Gasteiger partial charge in [-0.3, -0.25) is 0 Å². The van der Waals surface area contributed by atoms with Crippen molar-refractivity contribution in [3.05, 3.63) is 64.7 Å². The minimum atomic E-state index is -0.507.